The smallest absolute Gasteiger partial charge is 0.250 e. The number of hydrogen-bond acceptors (Lipinski definition) is 6. The number of aliphatic hydroxyl groups excluding tert-OH is 1. The summed E-state index contributed by atoms with van der Waals surface area (Å²) in [5.74, 6) is 0.167. The van der Waals surface area contributed by atoms with Gasteiger partial charge in [-0.25, -0.2) is 4.98 Å². The molecular weight excluding hydrogens is 370 g/mol. The van der Waals surface area contributed by atoms with Gasteiger partial charge < -0.3 is 20.1 Å². The minimum Gasteiger partial charge on any atom is -0.473 e. The van der Waals surface area contributed by atoms with Crippen molar-refractivity contribution in [3.05, 3.63) is 65.0 Å². The van der Waals surface area contributed by atoms with Crippen molar-refractivity contribution in [2.45, 2.75) is 33.3 Å². The maximum Gasteiger partial charge on any atom is 0.250 e. The lowest BCUT2D eigenvalue weighted by molar-refractivity contribution is 0.0997. The van der Waals surface area contributed by atoms with E-state index in [0.717, 1.165) is 11.1 Å². The molecular formula is C22H25N3O4. The lowest BCUT2D eigenvalue weighted by Gasteiger charge is -2.20. The number of pyridine rings is 1. The van der Waals surface area contributed by atoms with E-state index in [2.05, 4.69) is 10.1 Å². The van der Waals surface area contributed by atoms with Crippen LogP contribution in [0.4, 0.5) is 0 Å². The number of carbonyl (C=O) groups is 1. The monoisotopic (exact) mass is 395 g/mol. The molecule has 0 saturated carbocycles. The number of rotatable bonds is 8. The van der Waals surface area contributed by atoms with Crippen LogP contribution < -0.4 is 10.5 Å². The van der Waals surface area contributed by atoms with E-state index in [4.69, 9.17) is 15.0 Å². The van der Waals surface area contributed by atoms with Gasteiger partial charge in [0.2, 0.25) is 5.88 Å². The number of nitrogens with two attached hydrogens (primary N) is 1. The van der Waals surface area contributed by atoms with Gasteiger partial charge in [0, 0.05) is 17.5 Å². The molecule has 0 bridgehead atoms. The first kappa shape index (κ1) is 20.5. The Morgan fingerprint density at radius 1 is 1.21 bits per heavy atom. The van der Waals surface area contributed by atoms with Crippen molar-refractivity contribution in [1.82, 2.24) is 10.1 Å². The molecule has 1 amide bonds. The summed E-state index contributed by atoms with van der Waals surface area (Å²) in [6.45, 7) is 5.79. The molecule has 29 heavy (non-hydrogen) atoms. The number of hydrogen-bond donors (Lipinski definition) is 2. The lowest BCUT2D eigenvalue weighted by Crippen LogP contribution is -2.21. The molecule has 3 aromatic rings. The number of primary amides is 1. The highest BCUT2D eigenvalue weighted by Crippen LogP contribution is 2.29. The van der Waals surface area contributed by atoms with Crippen LogP contribution >= 0.6 is 0 Å². The Morgan fingerprint density at radius 3 is 2.55 bits per heavy atom. The largest absolute Gasteiger partial charge is 0.473 e. The molecule has 7 nitrogen and oxygen atoms in total. The predicted molar refractivity (Wildman–Crippen MR) is 108 cm³/mol. The van der Waals surface area contributed by atoms with E-state index in [1.54, 1.807) is 12.1 Å². The zero-order valence-corrected chi connectivity index (χ0v) is 16.8. The van der Waals surface area contributed by atoms with Crippen LogP contribution in [-0.2, 0) is 6.61 Å². The van der Waals surface area contributed by atoms with Crippen LogP contribution in [0.5, 0.6) is 5.88 Å². The van der Waals surface area contributed by atoms with Crippen LogP contribution in [0.15, 0.2) is 47.0 Å². The standard InChI is InChI=1S/C22H25N3O4/c1-13(2)17(11-26)21-16(22(23)27)9-10-19(24-21)28-12-18-14(3)29-25-20(18)15-7-5-4-6-8-15/h4-10,13,17,26H,11-12H2,1-3H3,(H2,23,27)/t17-/m0/s1. The van der Waals surface area contributed by atoms with Crippen LogP contribution in [-0.4, -0.2) is 27.8 Å². The van der Waals surface area contributed by atoms with Crippen LogP contribution in [0.2, 0.25) is 0 Å². The fourth-order valence-corrected chi connectivity index (χ4v) is 3.17. The van der Waals surface area contributed by atoms with E-state index in [9.17, 15) is 9.90 Å². The van der Waals surface area contributed by atoms with Crippen LogP contribution in [0.1, 0.15) is 47.1 Å². The minimum absolute atomic E-state index is 0.0749. The van der Waals surface area contributed by atoms with Gasteiger partial charge in [0.25, 0.3) is 5.91 Å². The average molecular weight is 395 g/mol. The van der Waals surface area contributed by atoms with E-state index >= 15 is 0 Å². The molecule has 0 aliphatic rings. The number of aromatic nitrogens is 2. The number of aryl methyl sites for hydroxylation is 1. The van der Waals surface area contributed by atoms with Crippen molar-refractivity contribution in [2.24, 2.45) is 11.7 Å². The Hall–Kier alpha value is -3.19. The number of nitrogens with zero attached hydrogens (tertiary/aromatic N) is 2. The molecule has 2 aromatic heterocycles. The maximum atomic E-state index is 11.8. The molecule has 3 rings (SSSR count). The lowest BCUT2D eigenvalue weighted by atomic mass is 9.90. The number of aliphatic hydroxyl groups is 1. The van der Waals surface area contributed by atoms with Crippen LogP contribution in [0.25, 0.3) is 11.3 Å². The topological polar surface area (TPSA) is 111 Å². The molecule has 2 heterocycles. The molecule has 0 aliphatic carbocycles. The van der Waals surface area contributed by atoms with E-state index in [1.165, 1.54) is 0 Å². The second-order valence-electron chi connectivity index (χ2n) is 7.20. The third-order valence-corrected chi connectivity index (χ3v) is 4.91. The maximum absolute atomic E-state index is 11.8. The van der Waals surface area contributed by atoms with Crippen molar-refractivity contribution in [1.29, 1.82) is 0 Å². The summed E-state index contributed by atoms with van der Waals surface area (Å²) in [4.78, 5) is 16.3. The van der Waals surface area contributed by atoms with Gasteiger partial charge in [-0.1, -0.05) is 49.3 Å². The zero-order chi connectivity index (χ0) is 21.0. The Bertz CT molecular complexity index is 983. The van der Waals surface area contributed by atoms with Crippen molar-refractivity contribution >= 4 is 5.91 Å². The van der Waals surface area contributed by atoms with Crippen molar-refractivity contribution in [3.63, 3.8) is 0 Å². The molecule has 0 fully saturated rings. The van der Waals surface area contributed by atoms with Gasteiger partial charge in [-0.05, 0) is 18.9 Å². The molecule has 3 N–H and O–H groups in total. The number of amides is 1. The molecule has 1 aromatic carbocycles. The van der Waals surface area contributed by atoms with Crippen molar-refractivity contribution in [3.8, 4) is 17.1 Å². The molecule has 0 saturated heterocycles. The quantitative estimate of drug-likeness (QED) is 0.604. The van der Waals surface area contributed by atoms with Crippen molar-refractivity contribution < 1.29 is 19.2 Å². The Morgan fingerprint density at radius 2 is 1.93 bits per heavy atom. The summed E-state index contributed by atoms with van der Waals surface area (Å²) in [6.07, 6.45) is 0. The fraction of sp³-hybridized carbons (Fsp3) is 0.318. The summed E-state index contributed by atoms with van der Waals surface area (Å²) in [6, 6.07) is 12.9. The highest BCUT2D eigenvalue weighted by molar-refractivity contribution is 5.94. The van der Waals surface area contributed by atoms with Gasteiger partial charge in [-0.3, -0.25) is 4.79 Å². The summed E-state index contributed by atoms with van der Waals surface area (Å²) >= 11 is 0. The molecule has 152 valence electrons. The second kappa shape index (κ2) is 8.87. The number of benzene rings is 1. The molecule has 0 aliphatic heterocycles. The molecule has 0 spiro atoms. The number of ether oxygens (including phenoxy) is 1. The van der Waals surface area contributed by atoms with E-state index in [-0.39, 0.29) is 30.6 Å². The van der Waals surface area contributed by atoms with Crippen LogP contribution in [0, 0.1) is 12.8 Å². The van der Waals surface area contributed by atoms with Crippen LogP contribution in [0.3, 0.4) is 0 Å². The minimum atomic E-state index is -0.584. The fourth-order valence-electron chi connectivity index (χ4n) is 3.17. The van der Waals surface area contributed by atoms with E-state index in [1.807, 2.05) is 51.1 Å². The number of carbonyl (C=O) groups excluding carboxylic acids is 1. The van der Waals surface area contributed by atoms with Gasteiger partial charge in [0.15, 0.2) is 0 Å². The van der Waals surface area contributed by atoms with Gasteiger partial charge in [-0.2, -0.15) is 0 Å². The SMILES string of the molecule is Cc1onc(-c2ccccc2)c1COc1ccc(C(N)=O)c([C@@H](CO)C(C)C)n1. The first-order valence-electron chi connectivity index (χ1n) is 9.47. The van der Waals surface area contributed by atoms with E-state index in [0.29, 0.717) is 23.0 Å². The first-order valence-corrected chi connectivity index (χ1v) is 9.47. The molecule has 1 atom stereocenters. The third-order valence-electron chi connectivity index (χ3n) is 4.91. The molecule has 0 unspecified atom stereocenters. The van der Waals surface area contributed by atoms with Crippen molar-refractivity contribution in [2.75, 3.05) is 6.61 Å². The Kier molecular flexibility index (Phi) is 6.29. The van der Waals surface area contributed by atoms with E-state index < -0.39 is 5.91 Å². The molecule has 7 heteroatoms. The third kappa shape index (κ3) is 4.46. The summed E-state index contributed by atoms with van der Waals surface area (Å²) in [5.41, 5.74) is 8.69. The highest BCUT2D eigenvalue weighted by atomic mass is 16.5. The summed E-state index contributed by atoms with van der Waals surface area (Å²) < 4.78 is 11.3. The average Bonchev–Trinajstić information content (AvgIpc) is 3.07. The molecule has 0 radical (unpaired) electrons. The van der Waals surface area contributed by atoms with Gasteiger partial charge in [0.1, 0.15) is 18.1 Å². The zero-order valence-electron chi connectivity index (χ0n) is 16.8. The second-order valence-corrected chi connectivity index (χ2v) is 7.20. The Balaban J connectivity index is 1.89. The predicted octanol–water partition coefficient (Wildman–Crippen LogP) is 3.45. The highest BCUT2D eigenvalue weighted by Gasteiger charge is 2.23. The summed E-state index contributed by atoms with van der Waals surface area (Å²) in [5, 5.41) is 13.9. The normalized spacial score (nSPS) is 12.2. The summed E-state index contributed by atoms with van der Waals surface area (Å²) in [7, 11) is 0. The Labute approximate surface area is 169 Å². The first-order chi connectivity index (χ1) is 13.9. The van der Waals surface area contributed by atoms with Gasteiger partial charge in [0.05, 0.1) is 23.4 Å². The van der Waals surface area contributed by atoms with Gasteiger partial charge >= 0.3 is 0 Å². The van der Waals surface area contributed by atoms with Gasteiger partial charge in [-0.15, -0.1) is 0 Å².